The van der Waals surface area contributed by atoms with Crippen LogP contribution >= 0.6 is 0 Å². The Balaban J connectivity index is 1.51. The number of nitrogens with one attached hydrogen (secondary N) is 2. The quantitative estimate of drug-likeness (QED) is 0.454. The van der Waals surface area contributed by atoms with Crippen LogP contribution in [0.1, 0.15) is 23.3 Å². The molecular weight excluding hydrogens is 416 g/mol. The minimum absolute atomic E-state index is 0.0707. The molecule has 0 unspecified atom stereocenters. The van der Waals surface area contributed by atoms with Crippen molar-refractivity contribution in [2.45, 2.75) is 18.9 Å². The molecule has 0 saturated carbocycles. The summed E-state index contributed by atoms with van der Waals surface area (Å²) in [5.74, 6) is 0.831. The first kappa shape index (κ1) is 21.9. The number of amides is 1. The standard InChI is InChI=1S/C24H26N8O/c1-3-16(2)32-13-4-6-19(15-32)29-20-14-28-21(22(25)33)24(31-20)30-18-9-7-17(8-10-18)23-26-11-5-12-27-23/h3,5,7-12,14,19H,1-2,4,6,13,15H2,(H2,25,33)(H2,29,30,31)/t19-/m0/s1. The van der Waals surface area contributed by atoms with E-state index in [4.69, 9.17) is 5.73 Å². The van der Waals surface area contributed by atoms with Gasteiger partial charge in [0, 0.05) is 48.5 Å². The van der Waals surface area contributed by atoms with Crippen LogP contribution in [0, 0.1) is 0 Å². The Labute approximate surface area is 192 Å². The lowest BCUT2D eigenvalue weighted by molar-refractivity contribution is 0.0996. The third kappa shape index (κ3) is 5.32. The van der Waals surface area contributed by atoms with E-state index in [1.807, 2.05) is 24.3 Å². The topological polar surface area (TPSA) is 122 Å². The molecule has 3 heterocycles. The van der Waals surface area contributed by atoms with Crippen molar-refractivity contribution in [2.24, 2.45) is 5.73 Å². The van der Waals surface area contributed by atoms with Gasteiger partial charge in [0.2, 0.25) is 0 Å². The molecule has 3 aromatic rings. The second kappa shape index (κ2) is 9.90. The number of aromatic nitrogens is 4. The number of rotatable bonds is 8. The summed E-state index contributed by atoms with van der Waals surface area (Å²) in [4.78, 5) is 31.4. The van der Waals surface area contributed by atoms with E-state index in [1.165, 1.54) is 6.20 Å². The smallest absolute Gasteiger partial charge is 0.271 e. The summed E-state index contributed by atoms with van der Waals surface area (Å²) in [5, 5.41) is 6.57. The van der Waals surface area contributed by atoms with Crippen molar-refractivity contribution in [1.82, 2.24) is 24.8 Å². The van der Waals surface area contributed by atoms with E-state index in [-0.39, 0.29) is 11.7 Å². The number of carbonyl (C=O) groups is 1. The zero-order chi connectivity index (χ0) is 23.2. The van der Waals surface area contributed by atoms with Crippen LogP contribution in [0.15, 0.2) is 73.9 Å². The molecule has 4 N–H and O–H groups in total. The maximum atomic E-state index is 11.9. The first-order valence-corrected chi connectivity index (χ1v) is 10.7. The summed E-state index contributed by atoms with van der Waals surface area (Å²) < 4.78 is 0. The lowest BCUT2D eigenvalue weighted by Gasteiger charge is -2.35. The van der Waals surface area contributed by atoms with Crippen molar-refractivity contribution >= 4 is 23.2 Å². The van der Waals surface area contributed by atoms with Crippen LogP contribution < -0.4 is 16.4 Å². The minimum Gasteiger partial charge on any atom is -0.370 e. The van der Waals surface area contributed by atoms with E-state index in [2.05, 4.69) is 48.6 Å². The van der Waals surface area contributed by atoms with Crippen molar-refractivity contribution < 1.29 is 4.79 Å². The van der Waals surface area contributed by atoms with E-state index in [0.717, 1.165) is 42.9 Å². The molecule has 1 amide bonds. The van der Waals surface area contributed by atoms with Crippen molar-refractivity contribution in [1.29, 1.82) is 0 Å². The second-order valence-corrected chi connectivity index (χ2v) is 7.72. The third-order valence-corrected chi connectivity index (χ3v) is 5.39. The molecule has 1 fully saturated rings. The van der Waals surface area contributed by atoms with Crippen LogP contribution in [0.3, 0.4) is 0 Å². The number of nitrogens with zero attached hydrogens (tertiary/aromatic N) is 5. The number of hydrogen-bond acceptors (Lipinski definition) is 8. The van der Waals surface area contributed by atoms with Crippen molar-refractivity contribution in [3.8, 4) is 11.4 Å². The van der Waals surface area contributed by atoms with Gasteiger partial charge >= 0.3 is 0 Å². The van der Waals surface area contributed by atoms with Crippen molar-refractivity contribution in [2.75, 3.05) is 23.7 Å². The SMILES string of the molecule is C=CC(=C)N1CCC[C@H](Nc2cnc(C(N)=O)c(Nc3ccc(-c4ncccn4)cc3)n2)C1. The van der Waals surface area contributed by atoms with Crippen molar-refractivity contribution in [3.63, 3.8) is 0 Å². The molecular formula is C24H26N8O. The normalized spacial score (nSPS) is 15.5. The maximum Gasteiger partial charge on any atom is 0.271 e. The predicted molar refractivity (Wildman–Crippen MR) is 129 cm³/mol. The summed E-state index contributed by atoms with van der Waals surface area (Å²) in [6.45, 7) is 9.58. The molecule has 168 valence electrons. The average molecular weight is 443 g/mol. The number of anilines is 3. The van der Waals surface area contributed by atoms with E-state index in [9.17, 15) is 4.79 Å². The highest BCUT2D eigenvalue weighted by Gasteiger charge is 2.21. The predicted octanol–water partition coefficient (Wildman–Crippen LogP) is 3.35. The fraction of sp³-hybridized carbons (Fsp3) is 0.208. The number of allylic oxidation sites excluding steroid dienone is 1. The molecule has 9 nitrogen and oxygen atoms in total. The number of piperidine rings is 1. The van der Waals surface area contributed by atoms with Gasteiger partial charge in [0.1, 0.15) is 5.82 Å². The zero-order valence-electron chi connectivity index (χ0n) is 18.2. The first-order chi connectivity index (χ1) is 16.0. The number of likely N-dealkylation sites (tertiary alicyclic amines) is 1. The highest BCUT2D eigenvalue weighted by Crippen LogP contribution is 2.24. The fourth-order valence-electron chi connectivity index (χ4n) is 3.71. The Morgan fingerprint density at radius 2 is 1.94 bits per heavy atom. The molecule has 1 saturated heterocycles. The molecule has 1 aromatic carbocycles. The molecule has 33 heavy (non-hydrogen) atoms. The Morgan fingerprint density at radius 3 is 2.64 bits per heavy atom. The maximum absolute atomic E-state index is 11.9. The van der Waals surface area contributed by atoms with Crippen molar-refractivity contribution in [3.05, 3.63) is 79.5 Å². The molecule has 1 aliphatic heterocycles. The summed E-state index contributed by atoms with van der Waals surface area (Å²) in [7, 11) is 0. The third-order valence-electron chi connectivity index (χ3n) is 5.39. The van der Waals surface area contributed by atoms with Crippen LogP contribution in [-0.4, -0.2) is 49.9 Å². The van der Waals surface area contributed by atoms with Gasteiger partial charge in [-0.3, -0.25) is 4.79 Å². The van der Waals surface area contributed by atoms with Gasteiger partial charge in [-0.1, -0.05) is 13.2 Å². The second-order valence-electron chi connectivity index (χ2n) is 7.72. The average Bonchev–Trinajstić information content (AvgIpc) is 2.85. The van der Waals surface area contributed by atoms with Gasteiger partial charge in [-0.05, 0) is 49.2 Å². The van der Waals surface area contributed by atoms with E-state index in [1.54, 1.807) is 24.5 Å². The van der Waals surface area contributed by atoms with Gasteiger partial charge in [-0.2, -0.15) is 0 Å². The molecule has 0 aliphatic carbocycles. The van der Waals surface area contributed by atoms with Crippen LogP contribution in [0.25, 0.3) is 11.4 Å². The largest absolute Gasteiger partial charge is 0.370 e. The number of hydrogen-bond donors (Lipinski definition) is 3. The summed E-state index contributed by atoms with van der Waals surface area (Å²) in [6.07, 6.45) is 8.70. The highest BCUT2D eigenvalue weighted by atomic mass is 16.1. The van der Waals surface area contributed by atoms with Crippen LogP contribution in [0.5, 0.6) is 0 Å². The molecule has 0 radical (unpaired) electrons. The van der Waals surface area contributed by atoms with E-state index in [0.29, 0.717) is 17.5 Å². The molecule has 4 rings (SSSR count). The number of carbonyl (C=O) groups excluding carboxylic acids is 1. The molecule has 9 heteroatoms. The summed E-state index contributed by atoms with van der Waals surface area (Å²) >= 11 is 0. The molecule has 2 aromatic heterocycles. The molecule has 0 spiro atoms. The number of primary amides is 1. The number of benzene rings is 1. The fourth-order valence-corrected chi connectivity index (χ4v) is 3.71. The molecule has 1 aliphatic rings. The number of nitrogens with two attached hydrogens (primary N) is 1. The van der Waals surface area contributed by atoms with E-state index >= 15 is 0 Å². The Morgan fingerprint density at radius 1 is 1.18 bits per heavy atom. The first-order valence-electron chi connectivity index (χ1n) is 10.7. The van der Waals surface area contributed by atoms with Gasteiger partial charge in [0.25, 0.3) is 5.91 Å². The summed E-state index contributed by atoms with van der Waals surface area (Å²) in [5.41, 5.74) is 8.11. The Kier molecular flexibility index (Phi) is 6.58. The van der Waals surface area contributed by atoms with Crippen LogP contribution in [-0.2, 0) is 0 Å². The Hall–Kier alpha value is -4.27. The minimum atomic E-state index is -0.656. The van der Waals surface area contributed by atoms with Gasteiger partial charge in [0.05, 0.1) is 6.20 Å². The van der Waals surface area contributed by atoms with E-state index < -0.39 is 5.91 Å². The monoisotopic (exact) mass is 442 g/mol. The van der Waals surface area contributed by atoms with Gasteiger partial charge < -0.3 is 21.3 Å². The van der Waals surface area contributed by atoms with Crippen LogP contribution in [0.4, 0.5) is 17.3 Å². The van der Waals surface area contributed by atoms with Gasteiger partial charge in [-0.25, -0.2) is 19.9 Å². The molecule has 1 atom stereocenters. The lowest BCUT2D eigenvalue weighted by atomic mass is 10.1. The Bertz CT molecular complexity index is 1150. The van der Waals surface area contributed by atoms with Gasteiger partial charge in [-0.15, -0.1) is 0 Å². The van der Waals surface area contributed by atoms with Crippen LogP contribution in [0.2, 0.25) is 0 Å². The highest BCUT2D eigenvalue weighted by molar-refractivity contribution is 5.96. The van der Waals surface area contributed by atoms with Gasteiger partial charge in [0.15, 0.2) is 17.3 Å². The summed E-state index contributed by atoms with van der Waals surface area (Å²) in [6, 6.07) is 9.43. The lowest BCUT2D eigenvalue weighted by Crippen LogP contribution is -2.41. The molecule has 0 bridgehead atoms. The zero-order valence-corrected chi connectivity index (χ0v) is 18.2.